The van der Waals surface area contributed by atoms with Crippen LogP contribution in [0.3, 0.4) is 0 Å². The molecule has 1 heterocycles. The van der Waals surface area contributed by atoms with E-state index in [1.54, 1.807) is 11.2 Å². The first kappa shape index (κ1) is 8.00. The van der Waals surface area contributed by atoms with Gasteiger partial charge in [-0.05, 0) is 0 Å². The fourth-order valence-corrected chi connectivity index (χ4v) is 0.854. The summed E-state index contributed by atoms with van der Waals surface area (Å²) < 4.78 is 0. The van der Waals surface area contributed by atoms with Gasteiger partial charge in [0.15, 0.2) is 6.10 Å². The van der Waals surface area contributed by atoms with Crippen LogP contribution in [0.5, 0.6) is 0 Å². The Labute approximate surface area is 63.9 Å². The summed E-state index contributed by atoms with van der Waals surface area (Å²) >= 11 is 0. The van der Waals surface area contributed by atoms with E-state index >= 15 is 0 Å². The fourth-order valence-electron chi connectivity index (χ4n) is 0.854. The maximum absolute atomic E-state index is 10.2. The lowest BCUT2D eigenvalue weighted by molar-refractivity contribution is -0.147. The molecule has 0 aromatic heterocycles. The van der Waals surface area contributed by atoms with Gasteiger partial charge in [-0.2, -0.15) is 5.10 Å². The van der Waals surface area contributed by atoms with Crippen LogP contribution in [0.4, 0.5) is 0 Å². The summed E-state index contributed by atoms with van der Waals surface area (Å²) in [5.41, 5.74) is 0. The first-order chi connectivity index (χ1) is 5.20. The standard InChI is InChI=1S/C6H10N2O3/c9-5(6(10)11)4-8-3-1-2-7-8/h2,5,9H,1,3-4H2,(H,10,11). The number of aliphatic hydroxyl groups is 1. The Balaban J connectivity index is 2.29. The highest BCUT2D eigenvalue weighted by Gasteiger charge is 2.17. The lowest BCUT2D eigenvalue weighted by Crippen LogP contribution is -2.32. The SMILES string of the molecule is O=C(O)C(O)CN1CCC=N1. The number of carbonyl (C=O) groups is 1. The predicted molar refractivity (Wildman–Crippen MR) is 38.3 cm³/mol. The number of nitrogens with zero attached hydrogens (tertiary/aromatic N) is 2. The van der Waals surface area contributed by atoms with Gasteiger partial charge in [-0.3, -0.25) is 5.01 Å². The summed E-state index contributed by atoms with van der Waals surface area (Å²) in [7, 11) is 0. The first-order valence-corrected chi connectivity index (χ1v) is 3.38. The molecule has 0 radical (unpaired) electrons. The quantitative estimate of drug-likeness (QED) is 0.559. The summed E-state index contributed by atoms with van der Waals surface area (Å²) in [6, 6.07) is 0. The zero-order valence-electron chi connectivity index (χ0n) is 5.97. The molecular formula is C6H10N2O3. The number of carboxylic acids is 1. The Morgan fingerprint density at radius 1 is 1.82 bits per heavy atom. The molecule has 0 amide bonds. The average Bonchev–Trinajstić information content (AvgIpc) is 2.39. The van der Waals surface area contributed by atoms with Gasteiger partial charge in [0.2, 0.25) is 0 Å². The van der Waals surface area contributed by atoms with E-state index in [-0.39, 0.29) is 6.54 Å². The highest BCUT2D eigenvalue weighted by atomic mass is 16.4. The van der Waals surface area contributed by atoms with E-state index in [2.05, 4.69) is 5.10 Å². The van der Waals surface area contributed by atoms with Crippen LogP contribution in [0.15, 0.2) is 5.10 Å². The summed E-state index contributed by atoms with van der Waals surface area (Å²) in [5, 5.41) is 22.6. The lowest BCUT2D eigenvalue weighted by Gasteiger charge is -2.14. The second kappa shape index (κ2) is 3.34. The van der Waals surface area contributed by atoms with E-state index in [0.29, 0.717) is 6.54 Å². The van der Waals surface area contributed by atoms with Crippen molar-refractivity contribution in [3.63, 3.8) is 0 Å². The monoisotopic (exact) mass is 158 g/mol. The number of aliphatic carboxylic acids is 1. The summed E-state index contributed by atoms with van der Waals surface area (Å²) in [5.74, 6) is -1.20. The molecule has 0 aromatic carbocycles. The van der Waals surface area contributed by atoms with Crippen molar-refractivity contribution >= 4 is 12.2 Å². The van der Waals surface area contributed by atoms with Gasteiger partial charge >= 0.3 is 5.97 Å². The molecule has 2 N–H and O–H groups in total. The molecule has 0 aliphatic carbocycles. The Bertz CT molecular complexity index is 181. The van der Waals surface area contributed by atoms with E-state index in [1.165, 1.54) is 0 Å². The second-order valence-electron chi connectivity index (χ2n) is 2.35. The van der Waals surface area contributed by atoms with Crippen molar-refractivity contribution in [3.8, 4) is 0 Å². The van der Waals surface area contributed by atoms with Crippen LogP contribution in [0.1, 0.15) is 6.42 Å². The molecule has 11 heavy (non-hydrogen) atoms. The molecule has 5 heteroatoms. The summed E-state index contributed by atoms with van der Waals surface area (Å²) in [4.78, 5) is 10.2. The van der Waals surface area contributed by atoms with Crippen LogP contribution >= 0.6 is 0 Å². The number of rotatable bonds is 3. The van der Waals surface area contributed by atoms with Crippen LogP contribution in [0.2, 0.25) is 0 Å². The number of β-amino-alcohol motifs (C(OH)–C–C–N with tert-alkyl or cyclic N) is 1. The number of carboxylic acid groups (broad SMARTS) is 1. The first-order valence-electron chi connectivity index (χ1n) is 3.38. The van der Waals surface area contributed by atoms with Crippen molar-refractivity contribution in [2.75, 3.05) is 13.1 Å². The van der Waals surface area contributed by atoms with E-state index in [1.807, 2.05) is 0 Å². The summed E-state index contributed by atoms with van der Waals surface area (Å²) in [6.07, 6.45) is 1.20. The highest BCUT2D eigenvalue weighted by Crippen LogP contribution is 2.00. The van der Waals surface area contributed by atoms with Gasteiger partial charge in [-0.15, -0.1) is 0 Å². The minimum atomic E-state index is -1.33. The molecule has 0 fully saturated rings. The number of hydrazone groups is 1. The smallest absolute Gasteiger partial charge is 0.334 e. The van der Waals surface area contributed by atoms with Gasteiger partial charge in [-0.25, -0.2) is 4.79 Å². The minimum absolute atomic E-state index is 0.0752. The fraction of sp³-hybridized carbons (Fsp3) is 0.667. The average molecular weight is 158 g/mol. The van der Waals surface area contributed by atoms with Gasteiger partial charge in [0.1, 0.15) is 0 Å². The van der Waals surface area contributed by atoms with Crippen LogP contribution in [-0.4, -0.2) is 46.6 Å². The van der Waals surface area contributed by atoms with Crippen molar-refractivity contribution < 1.29 is 15.0 Å². The summed E-state index contributed by atoms with van der Waals surface area (Å²) in [6.45, 7) is 0.774. The molecular weight excluding hydrogens is 148 g/mol. The Morgan fingerprint density at radius 3 is 3.00 bits per heavy atom. The maximum Gasteiger partial charge on any atom is 0.334 e. The van der Waals surface area contributed by atoms with Crippen LogP contribution in [0, 0.1) is 0 Å². The largest absolute Gasteiger partial charge is 0.479 e. The van der Waals surface area contributed by atoms with Crippen LogP contribution in [0.25, 0.3) is 0 Å². The minimum Gasteiger partial charge on any atom is -0.479 e. The molecule has 1 aliphatic rings. The van der Waals surface area contributed by atoms with Gasteiger partial charge in [-0.1, -0.05) is 0 Å². The Kier molecular flexibility index (Phi) is 2.43. The number of hydrogen-bond acceptors (Lipinski definition) is 4. The van der Waals surface area contributed by atoms with Crippen LogP contribution < -0.4 is 0 Å². The van der Waals surface area contributed by atoms with Gasteiger partial charge in [0.25, 0.3) is 0 Å². The highest BCUT2D eigenvalue weighted by molar-refractivity contribution is 5.72. The zero-order valence-corrected chi connectivity index (χ0v) is 5.97. The van der Waals surface area contributed by atoms with E-state index < -0.39 is 12.1 Å². The number of hydrogen-bond donors (Lipinski definition) is 2. The molecule has 5 nitrogen and oxygen atoms in total. The van der Waals surface area contributed by atoms with Crippen molar-refractivity contribution in [3.05, 3.63) is 0 Å². The van der Waals surface area contributed by atoms with E-state index in [0.717, 1.165) is 6.42 Å². The van der Waals surface area contributed by atoms with Gasteiger partial charge in [0, 0.05) is 19.2 Å². The molecule has 1 rings (SSSR count). The second-order valence-corrected chi connectivity index (χ2v) is 2.35. The molecule has 0 saturated heterocycles. The van der Waals surface area contributed by atoms with Gasteiger partial charge < -0.3 is 10.2 Å². The molecule has 0 bridgehead atoms. The molecule has 0 spiro atoms. The lowest BCUT2D eigenvalue weighted by atomic mass is 10.3. The Hall–Kier alpha value is -1.10. The Morgan fingerprint density at radius 2 is 2.55 bits per heavy atom. The van der Waals surface area contributed by atoms with Crippen LogP contribution in [-0.2, 0) is 4.79 Å². The predicted octanol–water partition coefficient (Wildman–Crippen LogP) is -0.877. The normalized spacial score (nSPS) is 18.8. The van der Waals surface area contributed by atoms with E-state index in [4.69, 9.17) is 10.2 Å². The number of aliphatic hydroxyl groups excluding tert-OH is 1. The van der Waals surface area contributed by atoms with Crippen molar-refractivity contribution in [2.45, 2.75) is 12.5 Å². The van der Waals surface area contributed by atoms with E-state index in [9.17, 15) is 4.79 Å². The van der Waals surface area contributed by atoms with Gasteiger partial charge in [0.05, 0.1) is 6.54 Å². The molecule has 1 unspecified atom stereocenters. The third-order valence-corrected chi connectivity index (χ3v) is 1.43. The molecule has 0 saturated carbocycles. The maximum atomic E-state index is 10.2. The molecule has 62 valence electrons. The molecule has 0 aromatic rings. The zero-order chi connectivity index (χ0) is 8.27. The van der Waals surface area contributed by atoms with Crippen molar-refractivity contribution in [1.29, 1.82) is 0 Å². The van der Waals surface area contributed by atoms with Crippen molar-refractivity contribution in [1.82, 2.24) is 5.01 Å². The topological polar surface area (TPSA) is 73.1 Å². The third-order valence-electron chi connectivity index (χ3n) is 1.43. The molecule has 1 atom stereocenters. The third kappa shape index (κ3) is 2.19. The molecule has 1 aliphatic heterocycles. The van der Waals surface area contributed by atoms with Crippen molar-refractivity contribution in [2.24, 2.45) is 5.10 Å².